The first-order chi connectivity index (χ1) is 13.0. The number of amides is 1. The summed E-state index contributed by atoms with van der Waals surface area (Å²) in [6.45, 7) is 3.98. The monoisotopic (exact) mass is 361 g/mol. The Bertz CT molecular complexity index is 937. The lowest BCUT2D eigenvalue weighted by Crippen LogP contribution is -2.15. The van der Waals surface area contributed by atoms with E-state index in [1.165, 1.54) is 5.56 Å². The largest absolute Gasteiger partial charge is 0.457 e. The Labute approximate surface area is 159 Å². The molecule has 5 nitrogen and oxygen atoms in total. The zero-order chi connectivity index (χ0) is 19.2. The van der Waals surface area contributed by atoms with Crippen molar-refractivity contribution in [1.82, 2.24) is 4.98 Å². The van der Waals surface area contributed by atoms with Crippen molar-refractivity contribution in [2.24, 2.45) is 0 Å². The summed E-state index contributed by atoms with van der Waals surface area (Å²) in [6, 6.07) is 18.7. The lowest BCUT2D eigenvalue weighted by molar-refractivity contribution is 0.102. The van der Waals surface area contributed by atoms with Crippen molar-refractivity contribution in [3.63, 3.8) is 0 Å². The van der Waals surface area contributed by atoms with Gasteiger partial charge in [0.2, 0.25) is 0 Å². The Morgan fingerprint density at radius 2 is 1.85 bits per heavy atom. The van der Waals surface area contributed by atoms with Crippen molar-refractivity contribution in [3.8, 4) is 11.5 Å². The summed E-state index contributed by atoms with van der Waals surface area (Å²) in [5.74, 6) is 1.44. The molecule has 3 rings (SSSR count). The highest BCUT2D eigenvalue weighted by Crippen LogP contribution is 2.24. The fourth-order valence-electron chi connectivity index (χ4n) is 2.76. The number of benzene rings is 2. The molecular weight excluding hydrogens is 338 g/mol. The second kappa shape index (κ2) is 8.36. The van der Waals surface area contributed by atoms with Crippen LogP contribution in [-0.4, -0.2) is 10.9 Å². The van der Waals surface area contributed by atoms with Gasteiger partial charge in [-0.15, -0.1) is 0 Å². The van der Waals surface area contributed by atoms with Crippen LogP contribution < -0.4 is 15.8 Å². The van der Waals surface area contributed by atoms with Gasteiger partial charge >= 0.3 is 0 Å². The number of carbonyl (C=O) groups is 1. The van der Waals surface area contributed by atoms with Crippen molar-refractivity contribution in [2.75, 3.05) is 11.1 Å². The van der Waals surface area contributed by atoms with Crippen molar-refractivity contribution >= 4 is 17.4 Å². The van der Waals surface area contributed by atoms with E-state index in [2.05, 4.69) is 23.3 Å². The Morgan fingerprint density at radius 1 is 1.07 bits per heavy atom. The molecule has 0 saturated heterocycles. The molecule has 0 radical (unpaired) electrons. The molecule has 1 amide bonds. The summed E-state index contributed by atoms with van der Waals surface area (Å²) in [6.07, 6.45) is 2.12. The molecule has 1 aromatic heterocycles. The van der Waals surface area contributed by atoms with Gasteiger partial charge in [-0.05, 0) is 67.4 Å². The van der Waals surface area contributed by atoms with E-state index in [4.69, 9.17) is 10.5 Å². The van der Waals surface area contributed by atoms with E-state index < -0.39 is 0 Å². The normalized spacial score (nSPS) is 10.4. The topological polar surface area (TPSA) is 77.2 Å². The first-order valence-corrected chi connectivity index (χ1v) is 8.96. The maximum atomic E-state index is 12.4. The van der Waals surface area contributed by atoms with Gasteiger partial charge in [-0.25, -0.2) is 4.98 Å². The highest BCUT2D eigenvalue weighted by atomic mass is 16.5. The Hall–Kier alpha value is -3.34. The number of anilines is 2. The SMILES string of the molecule is CCCc1cccc(Oc2ccc(NC(=O)c3ccc(C)nc3N)cc2)c1. The van der Waals surface area contributed by atoms with E-state index in [9.17, 15) is 4.79 Å². The summed E-state index contributed by atoms with van der Waals surface area (Å²) < 4.78 is 5.90. The Kier molecular flexibility index (Phi) is 5.71. The molecule has 138 valence electrons. The minimum absolute atomic E-state index is 0.222. The number of pyridine rings is 1. The predicted octanol–water partition coefficient (Wildman–Crippen LogP) is 4.97. The van der Waals surface area contributed by atoms with Crippen LogP contribution in [0.3, 0.4) is 0 Å². The van der Waals surface area contributed by atoms with Gasteiger partial charge in [-0.1, -0.05) is 25.5 Å². The first-order valence-electron chi connectivity index (χ1n) is 8.96. The summed E-state index contributed by atoms with van der Waals surface area (Å²) in [5.41, 5.74) is 8.87. The zero-order valence-electron chi connectivity index (χ0n) is 15.5. The molecule has 5 heteroatoms. The quantitative estimate of drug-likeness (QED) is 0.650. The number of nitrogen functional groups attached to an aromatic ring is 1. The van der Waals surface area contributed by atoms with Crippen LogP contribution in [0.15, 0.2) is 60.7 Å². The van der Waals surface area contributed by atoms with Crippen LogP contribution in [0, 0.1) is 6.92 Å². The average Bonchev–Trinajstić information content (AvgIpc) is 2.64. The van der Waals surface area contributed by atoms with Crippen LogP contribution >= 0.6 is 0 Å². The number of nitrogens with two attached hydrogens (primary N) is 1. The number of nitrogens with one attached hydrogen (secondary N) is 1. The van der Waals surface area contributed by atoms with Gasteiger partial charge in [0.1, 0.15) is 17.3 Å². The summed E-state index contributed by atoms with van der Waals surface area (Å²) in [4.78, 5) is 16.5. The molecule has 0 fully saturated rings. The number of aryl methyl sites for hydroxylation is 2. The molecule has 3 aromatic rings. The van der Waals surface area contributed by atoms with Gasteiger partial charge in [0.25, 0.3) is 5.91 Å². The van der Waals surface area contributed by atoms with E-state index in [1.54, 1.807) is 24.3 Å². The third kappa shape index (κ3) is 4.85. The number of nitrogens with zero attached hydrogens (tertiary/aromatic N) is 1. The fourth-order valence-corrected chi connectivity index (χ4v) is 2.76. The maximum absolute atomic E-state index is 12.4. The number of hydrogen-bond acceptors (Lipinski definition) is 4. The van der Waals surface area contributed by atoms with Crippen molar-refractivity contribution in [1.29, 1.82) is 0 Å². The number of carbonyl (C=O) groups excluding carboxylic acids is 1. The van der Waals surface area contributed by atoms with Crippen LogP contribution in [-0.2, 0) is 6.42 Å². The van der Waals surface area contributed by atoms with Gasteiger partial charge in [-0.3, -0.25) is 4.79 Å². The first kappa shape index (κ1) is 18.5. The smallest absolute Gasteiger partial charge is 0.259 e. The van der Waals surface area contributed by atoms with E-state index >= 15 is 0 Å². The molecule has 0 aliphatic carbocycles. The summed E-state index contributed by atoms with van der Waals surface area (Å²) in [7, 11) is 0. The lowest BCUT2D eigenvalue weighted by Gasteiger charge is -2.10. The van der Waals surface area contributed by atoms with Crippen LogP contribution in [0.5, 0.6) is 11.5 Å². The minimum Gasteiger partial charge on any atom is -0.457 e. The van der Waals surface area contributed by atoms with Crippen molar-refractivity contribution in [3.05, 3.63) is 77.5 Å². The highest BCUT2D eigenvalue weighted by Gasteiger charge is 2.11. The third-order valence-corrected chi connectivity index (χ3v) is 4.09. The van der Waals surface area contributed by atoms with E-state index in [0.717, 1.165) is 24.3 Å². The average molecular weight is 361 g/mol. The van der Waals surface area contributed by atoms with E-state index in [1.807, 2.05) is 37.3 Å². The number of aromatic nitrogens is 1. The molecular formula is C22H23N3O2. The van der Waals surface area contributed by atoms with E-state index in [0.29, 0.717) is 17.0 Å². The molecule has 1 heterocycles. The van der Waals surface area contributed by atoms with Gasteiger partial charge in [0, 0.05) is 11.4 Å². The number of hydrogen-bond donors (Lipinski definition) is 2. The second-order valence-corrected chi connectivity index (χ2v) is 6.36. The maximum Gasteiger partial charge on any atom is 0.259 e. The van der Waals surface area contributed by atoms with Crippen molar-refractivity contribution < 1.29 is 9.53 Å². The third-order valence-electron chi connectivity index (χ3n) is 4.09. The molecule has 0 unspecified atom stereocenters. The van der Waals surface area contributed by atoms with Crippen LogP contribution in [0.4, 0.5) is 11.5 Å². The zero-order valence-corrected chi connectivity index (χ0v) is 15.5. The molecule has 0 atom stereocenters. The molecule has 0 aliphatic rings. The lowest BCUT2D eigenvalue weighted by atomic mass is 10.1. The molecule has 0 spiro atoms. The molecule has 27 heavy (non-hydrogen) atoms. The Morgan fingerprint density at radius 3 is 2.56 bits per heavy atom. The molecule has 0 aliphatic heterocycles. The predicted molar refractivity (Wildman–Crippen MR) is 108 cm³/mol. The summed E-state index contributed by atoms with van der Waals surface area (Å²) in [5, 5.41) is 2.82. The van der Waals surface area contributed by atoms with E-state index in [-0.39, 0.29) is 11.7 Å². The molecule has 3 N–H and O–H groups in total. The van der Waals surface area contributed by atoms with Crippen LogP contribution in [0.25, 0.3) is 0 Å². The molecule has 0 bridgehead atoms. The molecule has 2 aromatic carbocycles. The van der Waals surface area contributed by atoms with Gasteiger partial charge < -0.3 is 15.8 Å². The number of ether oxygens (including phenoxy) is 1. The Balaban J connectivity index is 1.66. The highest BCUT2D eigenvalue weighted by molar-refractivity contribution is 6.07. The van der Waals surface area contributed by atoms with Crippen molar-refractivity contribution in [2.45, 2.75) is 26.7 Å². The standard InChI is InChI=1S/C22H23N3O2/c1-3-5-16-6-4-7-19(14-16)27-18-11-9-17(10-12-18)25-22(26)20-13-8-15(2)24-21(20)23/h4,6-14H,3,5H2,1-2H3,(H2,23,24)(H,25,26). The molecule has 0 saturated carbocycles. The van der Waals surface area contributed by atoms with Gasteiger partial charge in [0.05, 0.1) is 5.56 Å². The van der Waals surface area contributed by atoms with Gasteiger partial charge in [0.15, 0.2) is 0 Å². The van der Waals surface area contributed by atoms with Gasteiger partial charge in [-0.2, -0.15) is 0 Å². The second-order valence-electron chi connectivity index (χ2n) is 6.36. The minimum atomic E-state index is -0.291. The summed E-state index contributed by atoms with van der Waals surface area (Å²) >= 11 is 0. The number of rotatable bonds is 6. The van der Waals surface area contributed by atoms with Crippen LogP contribution in [0.1, 0.15) is 35.0 Å². The fraction of sp³-hybridized carbons (Fsp3) is 0.182. The van der Waals surface area contributed by atoms with Crippen LogP contribution in [0.2, 0.25) is 0 Å².